The van der Waals surface area contributed by atoms with E-state index < -0.39 is 0 Å². The van der Waals surface area contributed by atoms with E-state index in [-0.39, 0.29) is 11.4 Å². The highest BCUT2D eigenvalue weighted by Crippen LogP contribution is 2.13. The Morgan fingerprint density at radius 1 is 1.50 bits per heavy atom. The molecule has 1 amide bonds. The van der Waals surface area contributed by atoms with Gasteiger partial charge in [0.2, 0.25) is 5.91 Å². The maximum absolute atomic E-state index is 11.0. The first-order chi connectivity index (χ1) is 7.49. The molecule has 0 aliphatic rings. The SMILES string of the molecule is CC(=O)NC(C)(C)CCCc1cccnc1. The molecule has 3 heteroatoms. The maximum Gasteiger partial charge on any atom is 0.217 e. The molecule has 1 heterocycles. The van der Waals surface area contributed by atoms with Crippen LogP contribution in [-0.4, -0.2) is 16.4 Å². The molecule has 0 aliphatic heterocycles. The third-order valence-corrected chi connectivity index (χ3v) is 2.50. The van der Waals surface area contributed by atoms with Gasteiger partial charge in [0, 0.05) is 24.9 Å². The van der Waals surface area contributed by atoms with Crippen LogP contribution in [0.5, 0.6) is 0 Å². The molecule has 1 N–H and O–H groups in total. The van der Waals surface area contributed by atoms with Gasteiger partial charge in [-0.2, -0.15) is 0 Å². The molecular weight excluding hydrogens is 200 g/mol. The van der Waals surface area contributed by atoms with Crippen LogP contribution in [0.15, 0.2) is 24.5 Å². The van der Waals surface area contributed by atoms with Crippen molar-refractivity contribution in [2.24, 2.45) is 0 Å². The van der Waals surface area contributed by atoms with Gasteiger partial charge in [-0.3, -0.25) is 9.78 Å². The highest BCUT2D eigenvalue weighted by molar-refractivity contribution is 5.73. The number of amides is 1. The van der Waals surface area contributed by atoms with Gasteiger partial charge in [-0.25, -0.2) is 0 Å². The average Bonchev–Trinajstić information content (AvgIpc) is 2.16. The molecule has 0 aromatic carbocycles. The Balaban J connectivity index is 2.32. The van der Waals surface area contributed by atoms with Crippen molar-refractivity contribution in [3.05, 3.63) is 30.1 Å². The van der Waals surface area contributed by atoms with Crippen molar-refractivity contribution in [2.75, 3.05) is 0 Å². The molecule has 0 fully saturated rings. The number of carbonyl (C=O) groups excluding carboxylic acids is 1. The van der Waals surface area contributed by atoms with Gasteiger partial charge in [-0.05, 0) is 44.7 Å². The summed E-state index contributed by atoms with van der Waals surface area (Å²) in [5.74, 6) is 0.0337. The quantitative estimate of drug-likeness (QED) is 0.827. The van der Waals surface area contributed by atoms with Gasteiger partial charge < -0.3 is 5.32 Å². The standard InChI is InChI=1S/C13H20N2O/c1-11(16)15-13(2,3)8-4-6-12-7-5-9-14-10-12/h5,7,9-10H,4,6,8H2,1-3H3,(H,15,16). The summed E-state index contributed by atoms with van der Waals surface area (Å²) in [5.41, 5.74) is 1.13. The van der Waals surface area contributed by atoms with Crippen molar-refractivity contribution in [2.45, 2.75) is 45.6 Å². The summed E-state index contributed by atoms with van der Waals surface area (Å²) in [7, 11) is 0. The van der Waals surface area contributed by atoms with Gasteiger partial charge in [0.15, 0.2) is 0 Å². The van der Waals surface area contributed by atoms with Gasteiger partial charge in [-0.15, -0.1) is 0 Å². The van der Waals surface area contributed by atoms with E-state index in [1.54, 1.807) is 13.1 Å². The second kappa shape index (κ2) is 5.64. The Morgan fingerprint density at radius 2 is 2.25 bits per heavy atom. The Hall–Kier alpha value is -1.38. The van der Waals surface area contributed by atoms with Crippen molar-refractivity contribution in [1.82, 2.24) is 10.3 Å². The third-order valence-electron chi connectivity index (χ3n) is 2.50. The van der Waals surface area contributed by atoms with Gasteiger partial charge in [0.1, 0.15) is 0 Å². The van der Waals surface area contributed by atoms with Crippen LogP contribution < -0.4 is 5.32 Å². The van der Waals surface area contributed by atoms with Gasteiger partial charge in [0.05, 0.1) is 0 Å². The summed E-state index contributed by atoms with van der Waals surface area (Å²) < 4.78 is 0. The molecule has 1 aromatic rings. The average molecular weight is 220 g/mol. The second-order valence-electron chi connectivity index (χ2n) is 4.78. The van der Waals surface area contributed by atoms with Gasteiger partial charge in [-0.1, -0.05) is 6.07 Å². The van der Waals surface area contributed by atoms with E-state index in [1.165, 1.54) is 5.56 Å². The zero-order chi connectivity index (χ0) is 12.0. The van der Waals surface area contributed by atoms with Crippen molar-refractivity contribution in [3.63, 3.8) is 0 Å². The summed E-state index contributed by atoms with van der Waals surface area (Å²) in [6, 6.07) is 4.03. The lowest BCUT2D eigenvalue weighted by atomic mass is 9.96. The van der Waals surface area contributed by atoms with E-state index >= 15 is 0 Å². The molecule has 0 saturated carbocycles. The van der Waals surface area contributed by atoms with Crippen molar-refractivity contribution >= 4 is 5.91 Å². The number of rotatable bonds is 5. The first-order valence-electron chi connectivity index (χ1n) is 5.67. The summed E-state index contributed by atoms with van der Waals surface area (Å²) in [6.45, 7) is 5.66. The molecule has 88 valence electrons. The molecule has 0 aliphatic carbocycles. The van der Waals surface area contributed by atoms with Gasteiger partial charge >= 0.3 is 0 Å². The fourth-order valence-corrected chi connectivity index (χ4v) is 1.82. The van der Waals surface area contributed by atoms with Crippen LogP contribution in [0, 0.1) is 0 Å². The number of aromatic nitrogens is 1. The first-order valence-corrected chi connectivity index (χ1v) is 5.67. The maximum atomic E-state index is 11.0. The fourth-order valence-electron chi connectivity index (χ4n) is 1.82. The first kappa shape index (κ1) is 12.7. The van der Waals surface area contributed by atoms with Crippen molar-refractivity contribution in [1.29, 1.82) is 0 Å². The number of hydrogen-bond donors (Lipinski definition) is 1. The number of hydrogen-bond acceptors (Lipinski definition) is 2. The van der Waals surface area contributed by atoms with Crippen LogP contribution in [0.4, 0.5) is 0 Å². The van der Waals surface area contributed by atoms with E-state index in [0.29, 0.717) is 0 Å². The summed E-state index contributed by atoms with van der Waals surface area (Å²) >= 11 is 0. The summed E-state index contributed by atoms with van der Waals surface area (Å²) in [4.78, 5) is 15.0. The van der Waals surface area contributed by atoms with E-state index in [1.807, 2.05) is 12.3 Å². The smallest absolute Gasteiger partial charge is 0.217 e. The zero-order valence-corrected chi connectivity index (χ0v) is 10.3. The largest absolute Gasteiger partial charge is 0.351 e. The van der Waals surface area contributed by atoms with Gasteiger partial charge in [0.25, 0.3) is 0 Å². The molecule has 0 bridgehead atoms. The highest BCUT2D eigenvalue weighted by Gasteiger charge is 2.17. The minimum absolute atomic E-state index is 0.0337. The topological polar surface area (TPSA) is 42.0 Å². The molecule has 0 atom stereocenters. The van der Waals surface area contributed by atoms with E-state index in [4.69, 9.17) is 0 Å². The third kappa shape index (κ3) is 4.91. The Labute approximate surface area is 97.3 Å². The van der Waals surface area contributed by atoms with Crippen LogP contribution in [-0.2, 0) is 11.2 Å². The lowest BCUT2D eigenvalue weighted by Gasteiger charge is -2.25. The predicted molar refractivity (Wildman–Crippen MR) is 65.1 cm³/mol. The van der Waals surface area contributed by atoms with Crippen molar-refractivity contribution in [3.8, 4) is 0 Å². The molecule has 1 aromatic heterocycles. The Kier molecular flexibility index (Phi) is 4.47. The van der Waals surface area contributed by atoms with E-state index in [9.17, 15) is 4.79 Å². The van der Waals surface area contributed by atoms with Crippen LogP contribution >= 0.6 is 0 Å². The number of pyridine rings is 1. The number of nitrogens with one attached hydrogen (secondary N) is 1. The normalized spacial score (nSPS) is 11.2. The lowest BCUT2D eigenvalue weighted by Crippen LogP contribution is -2.42. The van der Waals surface area contributed by atoms with Crippen LogP contribution in [0.25, 0.3) is 0 Å². The summed E-state index contributed by atoms with van der Waals surface area (Å²) in [5, 5.41) is 2.95. The molecule has 16 heavy (non-hydrogen) atoms. The number of aryl methyl sites for hydroxylation is 1. The fraction of sp³-hybridized carbons (Fsp3) is 0.538. The Bertz CT molecular complexity index is 333. The summed E-state index contributed by atoms with van der Waals surface area (Å²) in [6.07, 6.45) is 6.72. The molecular formula is C13H20N2O. The molecule has 0 spiro atoms. The van der Waals surface area contributed by atoms with Crippen molar-refractivity contribution < 1.29 is 4.79 Å². The number of carbonyl (C=O) groups is 1. The molecule has 3 nitrogen and oxygen atoms in total. The minimum atomic E-state index is -0.117. The zero-order valence-electron chi connectivity index (χ0n) is 10.3. The molecule has 0 radical (unpaired) electrons. The highest BCUT2D eigenvalue weighted by atomic mass is 16.1. The Morgan fingerprint density at radius 3 is 2.81 bits per heavy atom. The monoisotopic (exact) mass is 220 g/mol. The minimum Gasteiger partial charge on any atom is -0.351 e. The number of nitrogens with zero attached hydrogens (tertiary/aromatic N) is 1. The second-order valence-corrected chi connectivity index (χ2v) is 4.78. The van der Waals surface area contributed by atoms with E-state index in [0.717, 1.165) is 19.3 Å². The lowest BCUT2D eigenvalue weighted by molar-refractivity contribution is -0.120. The van der Waals surface area contributed by atoms with E-state index in [2.05, 4.69) is 30.2 Å². The van der Waals surface area contributed by atoms with Crippen LogP contribution in [0.2, 0.25) is 0 Å². The van der Waals surface area contributed by atoms with Crippen LogP contribution in [0.3, 0.4) is 0 Å². The molecule has 1 rings (SSSR count). The molecule has 0 saturated heterocycles. The molecule has 0 unspecified atom stereocenters. The predicted octanol–water partition coefficient (Wildman–Crippen LogP) is 2.32. The van der Waals surface area contributed by atoms with Crippen LogP contribution in [0.1, 0.15) is 39.2 Å².